The van der Waals surface area contributed by atoms with Crippen LogP contribution in [0.2, 0.25) is 0 Å². The van der Waals surface area contributed by atoms with Crippen molar-refractivity contribution in [3.63, 3.8) is 0 Å². The number of nitrogens with zero attached hydrogens (tertiary/aromatic N) is 5. The average molecular weight is 520 g/mol. The van der Waals surface area contributed by atoms with E-state index in [0.717, 1.165) is 42.0 Å². The first-order valence-electron chi connectivity index (χ1n) is 11.0. The summed E-state index contributed by atoms with van der Waals surface area (Å²) >= 11 is 3.53. The third kappa shape index (κ3) is 4.89. The number of aromatic nitrogens is 3. The molecule has 1 aromatic heterocycles. The van der Waals surface area contributed by atoms with Crippen LogP contribution in [0.3, 0.4) is 0 Å². The number of fused-ring (bicyclic) bond motifs is 3. The molecule has 0 aliphatic carbocycles. The van der Waals surface area contributed by atoms with Gasteiger partial charge in [-0.05, 0) is 50.2 Å². The average Bonchev–Trinajstić information content (AvgIpc) is 3.09. The molecule has 33 heavy (non-hydrogen) atoms. The van der Waals surface area contributed by atoms with Crippen molar-refractivity contribution < 1.29 is 13.2 Å². The summed E-state index contributed by atoms with van der Waals surface area (Å²) in [6.45, 7) is 6.86. The Hall–Kier alpha value is -2.52. The zero-order chi connectivity index (χ0) is 23.6. The van der Waals surface area contributed by atoms with E-state index in [1.54, 1.807) is 0 Å². The highest BCUT2D eigenvalue weighted by molar-refractivity contribution is 9.10. The standard InChI is InChI=1S/C24H25BrF3N5/c1-3-11-32(12-4-2)15-22-31-30-21-14-29-23(17-7-5-6-8-19(17)25)18-13-16(24(26,27)28)9-10-20(18)33(21)22/h5-10,13H,3-4,11-12,14-15H2,1-2H3. The van der Waals surface area contributed by atoms with Crippen molar-refractivity contribution in [1.29, 1.82) is 0 Å². The Kier molecular flexibility index (Phi) is 6.99. The van der Waals surface area contributed by atoms with E-state index in [1.165, 1.54) is 12.1 Å². The van der Waals surface area contributed by atoms with Gasteiger partial charge in [-0.2, -0.15) is 13.2 Å². The van der Waals surface area contributed by atoms with E-state index in [4.69, 9.17) is 4.99 Å². The lowest BCUT2D eigenvalue weighted by molar-refractivity contribution is -0.137. The Morgan fingerprint density at radius 1 is 1.00 bits per heavy atom. The maximum Gasteiger partial charge on any atom is 0.416 e. The van der Waals surface area contributed by atoms with E-state index < -0.39 is 11.7 Å². The van der Waals surface area contributed by atoms with Crippen LogP contribution < -0.4 is 0 Å². The maximum atomic E-state index is 13.6. The fourth-order valence-electron chi connectivity index (χ4n) is 4.15. The van der Waals surface area contributed by atoms with Gasteiger partial charge in [0.2, 0.25) is 0 Å². The summed E-state index contributed by atoms with van der Waals surface area (Å²) in [6, 6.07) is 11.2. The molecule has 0 fully saturated rings. The van der Waals surface area contributed by atoms with Crippen LogP contribution >= 0.6 is 15.9 Å². The van der Waals surface area contributed by atoms with Gasteiger partial charge in [0, 0.05) is 15.6 Å². The van der Waals surface area contributed by atoms with Crippen LogP contribution in [-0.4, -0.2) is 38.5 Å². The highest BCUT2D eigenvalue weighted by atomic mass is 79.9. The summed E-state index contributed by atoms with van der Waals surface area (Å²) in [5, 5.41) is 8.76. The van der Waals surface area contributed by atoms with Gasteiger partial charge in [0.25, 0.3) is 0 Å². The van der Waals surface area contributed by atoms with E-state index in [1.807, 2.05) is 28.8 Å². The zero-order valence-electron chi connectivity index (χ0n) is 18.5. The molecule has 0 radical (unpaired) electrons. The third-order valence-corrected chi connectivity index (χ3v) is 6.26. The molecule has 0 N–H and O–H groups in total. The number of rotatable bonds is 7. The van der Waals surface area contributed by atoms with Gasteiger partial charge in [-0.25, -0.2) is 0 Å². The second-order valence-electron chi connectivity index (χ2n) is 8.02. The Morgan fingerprint density at radius 3 is 2.39 bits per heavy atom. The number of alkyl halides is 3. The van der Waals surface area contributed by atoms with Gasteiger partial charge in [0.1, 0.15) is 6.54 Å². The van der Waals surface area contributed by atoms with Gasteiger partial charge in [-0.15, -0.1) is 10.2 Å². The largest absolute Gasteiger partial charge is 0.416 e. The first-order chi connectivity index (χ1) is 15.8. The molecule has 0 amide bonds. The van der Waals surface area contributed by atoms with Crippen LogP contribution in [-0.2, 0) is 19.3 Å². The molecule has 0 saturated carbocycles. The van der Waals surface area contributed by atoms with Crippen molar-refractivity contribution >= 4 is 21.6 Å². The van der Waals surface area contributed by atoms with Crippen molar-refractivity contribution in [1.82, 2.24) is 19.7 Å². The van der Waals surface area contributed by atoms with E-state index >= 15 is 0 Å². The van der Waals surface area contributed by atoms with Gasteiger partial charge in [0.05, 0.1) is 23.5 Å². The third-order valence-electron chi connectivity index (χ3n) is 5.57. The number of aliphatic imine (C=N–C) groups is 1. The van der Waals surface area contributed by atoms with Gasteiger partial charge in [-0.1, -0.05) is 48.0 Å². The smallest absolute Gasteiger partial charge is 0.296 e. The number of hydrogen-bond acceptors (Lipinski definition) is 4. The molecular weight excluding hydrogens is 495 g/mol. The summed E-state index contributed by atoms with van der Waals surface area (Å²) < 4.78 is 43.6. The highest BCUT2D eigenvalue weighted by Crippen LogP contribution is 2.35. The Morgan fingerprint density at radius 2 is 1.73 bits per heavy atom. The lowest BCUT2D eigenvalue weighted by atomic mass is 9.98. The molecule has 0 spiro atoms. The molecule has 0 saturated heterocycles. The predicted octanol–water partition coefficient (Wildman–Crippen LogP) is 6.02. The highest BCUT2D eigenvalue weighted by Gasteiger charge is 2.33. The first kappa shape index (κ1) is 23.6. The molecule has 4 rings (SSSR count). The Labute approximate surface area is 199 Å². The fraction of sp³-hybridized carbons (Fsp3) is 0.375. The summed E-state index contributed by atoms with van der Waals surface area (Å²) in [7, 11) is 0. The number of halogens is 4. The molecule has 0 atom stereocenters. The molecule has 0 unspecified atom stereocenters. The number of hydrogen-bond donors (Lipinski definition) is 0. The van der Waals surface area contributed by atoms with Crippen molar-refractivity contribution in [2.45, 2.75) is 46.0 Å². The summed E-state index contributed by atoms with van der Waals surface area (Å²) in [5.74, 6) is 1.32. The summed E-state index contributed by atoms with van der Waals surface area (Å²) in [4.78, 5) is 7.00. The molecule has 3 aromatic rings. The molecule has 0 bridgehead atoms. The molecule has 1 aliphatic heterocycles. The van der Waals surface area contributed by atoms with Crippen molar-refractivity contribution in [3.05, 3.63) is 75.3 Å². The Bertz CT molecular complexity index is 1160. The SMILES string of the molecule is CCCN(CCC)Cc1nnc2n1-c1ccc(C(F)(F)F)cc1C(c1ccccc1Br)=NC2. The van der Waals surface area contributed by atoms with Gasteiger partial charge in [-0.3, -0.25) is 14.5 Å². The second kappa shape index (κ2) is 9.77. The zero-order valence-corrected chi connectivity index (χ0v) is 20.1. The van der Waals surface area contributed by atoms with E-state index in [0.29, 0.717) is 35.2 Å². The number of benzene rings is 2. The maximum absolute atomic E-state index is 13.6. The topological polar surface area (TPSA) is 46.3 Å². The van der Waals surface area contributed by atoms with Crippen molar-refractivity contribution in [2.75, 3.05) is 13.1 Å². The lowest BCUT2D eigenvalue weighted by Crippen LogP contribution is -2.27. The Balaban J connectivity index is 1.88. The molecule has 2 heterocycles. The molecule has 1 aliphatic rings. The quantitative estimate of drug-likeness (QED) is 0.383. The first-order valence-corrected chi connectivity index (χ1v) is 11.8. The minimum atomic E-state index is -4.46. The van der Waals surface area contributed by atoms with Gasteiger partial charge in [0.15, 0.2) is 11.6 Å². The molecule has 174 valence electrons. The fourth-order valence-corrected chi connectivity index (χ4v) is 4.63. The minimum absolute atomic E-state index is 0.223. The summed E-state index contributed by atoms with van der Waals surface area (Å²) in [5.41, 5.74) is 1.54. The predicted molar refractivity (Wildman–Crippen MR) is 126 cm³/mol. The second-order valence-corrected chi connectivity index (χ2v) is 8.87. The minimum Gasteiger partial charge on any atom is -0.296 e. The van der Waals surface area contributed by atoms with Crippen LogP contribution in [0.1, 0.15) is 55.0 Å². The van der Waals surface area contributed by atoms with Crippen molar-refractivity contribution in [2.24, 2.45) is 4.99 Å². The molecule has 2 aromatic carbocycles. The molecule has 5 nitrogen and oxygen atoms in total. The van der Waals surface area contributed by atoms with Crippen LogP contribution in [0.15, 0.2) is 51.9 Å². The van der Waals surface area contributed by atoms with Gasteiger partial charge >= 0.3 is 6.18 Å². The van der Waals surface area contributed by atoms with Gasteiger partial charge < -0.3 is 0 Å². The van der Waals surface area contributed by atoms with E-state index in [9.17, 15) is 13.2 Å². The normalized spacial score (nSPS) is 13.5. The monoisotopic (exact) mass is 519 g/mol. The molecule has 9 heteroatoms. The van der Waals surface area contributed by atoms with Crippen molar-refractivity contribution in [3.8, 4) is 5.69 Å². The lowest BCUT2D eigenvalue weighted by Gasteiger charge is -2.22. The summed E-state index contributed by atoms with van der Waals surface area (Å²) in [6.07, 6.45) is -2.46. The van der Waals surface area contributed by atoms with E-state index in [2.05, 4.69) is 44.9 Å². The van der Waals surface area contributed by atoms with Crippen LogP contribution in [0.5, 0.6) is 0 Å². The van der Waals surface area contributed by atoms with Crippen LogP contribution in [0.25, 0.3) is 5.69 Å². The van der Waals surface area contributed by atoms with E-state index in [-0.39, 0.29) is 6.54 Å². The molecular formula is C24H25BrF3N5. The van der Waals surface area contributed by atoms with Crippen LogP contribution in [0, 0.1) is 0 Å². The van der Waals surface area contributed by atoms with Crippen LogP contribution in [0.4, 0.5) is 13.2 Å².